The minimum absolute atomic E-state index is 0.343. The molecular weight excluding hydrogens is 243 g/mol. The quantitative estimate of drug-likeness (QED) is 0.776. The SMILES string of the molecule is NCC1(Nc2cccc(C(F)(F)F)c2)CCNC1. The van der Waals surface area contributed by atoms with E-state index in [2.05, 4.69) is 10.6 Å². The van der Waals surface area contributed by atoms with Crippen molar-refractivity contribution in [2.24, 2.45) is 5.73 Å². The highest BCUT2D eigenvalue weighted by atomic mass is 19.4. The van der Waals surface area contributed by atoms with E-state index >= 15 is 0 Å². The Morgan fingerprint density at radius 1 is 1.39 bits per heavy atom. The van der Waals surface area contributed by atoms with Crippen LogP contribution in [-0.4, -0.2) is 25.2 Å². The first-order valence-corrected chi connectivity index (χ1v) is 5.81. The van der Waals surface area contributed by atoms with Crippen LogP contribution in [0.3, 0.4) is 0 Å². The summed E-state index contributed by atoms with van der Waals surface area (Å²) in [5, 5.41) is 6.29. The molecule has 0 aliphatic carbocycles. The van der Waals surface area contributed by atoms with E-state index in [1.54, 1.807) is 6.07 Å². The number of hydrogen-bond acceptors (Lipinski definition) is 3. The fraction of sp³-hybridized carbons (Fsp3) is 0.500. The van der Waals surface area contributed by atoms with Crippen LogP contribution in [0.2, 0.25) is 0 Å². The topological polar surface area (TPSA) is 50.1 Å². The van der Waals surface area contributed by atoms with Gasteiger partial charge in [-0.25, -0.2) is 0 Å². The molecule has 6 heteroatoms. The van der Waals surface area contributed by atoms with Gasteiger partial charge in [0.2, 0.25) is 0 Å². The Labute approximate surface area is 104 Å². The van der Waals surface area contributed by atoms with Crippen LogP contribution < -0.4 is 16.4 Å². The highest BCUT2D eigenvalue weighted by molar-refractivity contribution is 5.49. The molecule has 0 spiro atoms. The molecular formula is C12H16F3N3. The lowest BCUT2D eigenvalue weighted by atomic mass is 9.98. The van der Waals surface area contributed by atoms with Gasteiger partial charge >= 0.3 is 6.18 Å². The van der Waals surface area contributed by atoms with Crippen LogP contribution in [0.4, 0.5) is 18.9 Å². The Morgan fingerprint density at radius 2 is 2.17 bits per heavy atom. The molecule has 0 saturated carbocycles. The summed E-state index contributed by atoms with van der Waals surface area (Å²) in [6.07, 6.45) is -3.51. The van der Waals surface area contributed by atoms with Crippen molar-refractivity contribution in [2.45, 2.75) is 18.1 Å². The van der Waals surface area contributed by atoms with Crippen molar-refractivity contribution >= 4 is 5.69 Å². The molecule has 2 rings (SSSR count). The van der Waals surface area contributed by atoms with Crippen LogP contribution in [0, 0.1) is 0 Å². The van der Waals surface area contributed by atoms with E-state index in [4.69, 9.17) is 5.73 Å². The maximum atomic E-state index is 12.6. The largest absolute Gasteiger partial charge is 0.416 e. The highest BCUT2D eigenvalue weighted by Gasteiger charge is 2.34. The first-order chi connectivity index (χ1) is 8.45. The standard InChI is InChI=1S/C12H16F3N3/c13-12(14,15)9-2-1-3-10(6-9)18-11(7-16)4-5-17-8-11/h1-3,6,17-18H,4-5,7-8,16H2. The predicted molar refractivity (Wildman–Crippen MR) is 64.3 cm³/mol. The first-order valence-electron chi connectivity index (χ1n) is 5.81. The normalized spacial score (nSPS) is 24.2. The van der Waals surface area contributed by atoms with E-state index in [9.17, 15) is 13.2 Å². The summed E-state index contributed by atoms with van der Waals surface area (Å²) < 4.78 is 37.8. The van der Waals surface area contributed by atoms with Gasteiger partial charge in [0, 0.05) is 18.8 Å². The summed E-state index contributed by atoms with van der Waals surface area (Å²) in [4.78, 5) is 0. The van der Waals surface area contributed by atoms with Gasteiger partial charge in [-0.05, 0) is 31.2 Å². The summed E-state index contributed by atoms with van der Waals surface area (Å²) in [5.41, 5.74) is 5.18. The van der Waals surface area contributed by atoms with Crippen LogP contribution in [-0.2, 0) is 6.18 Å². The Hall–Kier alpha value is -1.27. The maximum absolute atomic E-state index is 12.6. The number of alkyl halides is 3. The van der Waals surface area contributed by atoms with Crippen molar-refractivity contribution in [1.29, 1.82) is 0 Å². The Kier molecular flexibility index (Phi) is 3.49. The molecule has 1 aromatic rings. The van der Waals surface area contributed by atoms with Crippen LogP contribution in [0.15, 0.2) is 24.3 Å². The molecule has 100 valence electrons. The van der Waals surface area contributed by atoms with Crippen molar-refractivity contribution < 1.29 is 13.2 Å². The third-order valence-corrected chi connectivity index (χ3v) is 3.23. The zero-order valence-electron chi connectivity index (χ0n) is 9.85. The lowest BCUT2D eigenvalue weighted by Gasteiger charge is -2.29. The number of hydrogen-bond donors (Lipinski definition) is 3. The molecule has 0 radical (unpaired) electrons. The van der Waals surface area contributed by atoms with Crippen LogP contribution in [0.1, 0.15) is 12.0 Å². The van der Waals surface area contributed by atoms with E-state index in [1.807, 2.05) is 0 Å². The first kappa shape index (κ1) is 13.2. The van der Waals surface area contributed by atoms with Gasteiger partial charge < -0.3 is 16.4 Å². The van der Waals surface area contributed by atoms with Gasteiger partial charge in [-0.3, -0.25) is 0 Å². The second kappa shape index (κ2) is 4.78. The monoisotopic (exact) mass is 259 g/mol. The smallest absolute Gasteiger partial charge is 0.377 e. The van der Waals surface area contributed by atoms with Crippen molar-refractivity contribution in [1.82, 2.24) is 5.32 Å². The van der Waals surface area contributed by atoms with E-state index in [1.165, 1.54) is 6.07 Å². The lowest BCUT2D eigenvalue weighted by molar-refractivity contribution is -0.137. The summed E-state index contributed by atoms with van der Waals surface area (Å²) in [6, 6.07) is 5.21. The van der Waals surface area contributed by atoms with Gasteiger partial charge in [0.1, 0.15) is 0 Å². The number of anilines is 1. The van der Waals surface area contributed by atoms with Gasteiger partial charge in [-0.1, -0.05) is 6.07 Å². The molecule has 0 amide bonds. The van der Waals surface area contributed by atoms with E-state index in [0.29, 0.717) is 18.8 Å². The van der Waals surface area contributed by atoms with Gasteiger partial charge in [0.15, 0.2) is 0 Å². The van der Waals surface area contributed by atoms with E-state index in [0.717, 1.165) is 25.1 Å². The lowest BCUT2D eigenvalue weighted by Crippen LogP contribution is -2.47. The summed E-state index contributed by atoms with van der Waals surface area (Å²) >= 11 is 0. The van der Waals surface area contributed by atoms with Gasteiger partial charge in [-0.15, -0.1) is 0 Å². The van der Waals surface area contributed by atoms with Crippen molar-refractivity contribution in [3.8, 4) is 0 Å². The second-order valence-electron chi connectivity index (χ2n) is 4.61. The van der Waals surface area contributed by atoms with E-state index < -0.39 is 11.7 Å². The number of halogens is 3. The highest BCUT2D eigenvalue weighted by Crippen LogP contribution is 2.31. The number of rotatable bonds is 3. The van der Waals surface area contributed by atoms with Crippen molar-refractivity contribution in [3.05, 3.63) is 29.8 Å². The molecule has 1 aliphatic heterocycles. The average molecular weight is 259 g/mol. The molecule has 1 atom stereocenters. The van der Waals surface area contributed by atoms with Crippen molar-refractivity contribution in [3.63, 3.8) is 0 Å². The van der Waals surface area contributed by atoms with Crippen LogP contribution in [0.25, 0.3) is 0 Å². The number of nitrogens with one attached hydrogen (secondary N) is 2. The average Bonchev–Trinajstić information content (AvgIpc) is 2.77. The molecule has 0 aromatic heterocycles. The summed E-state index contributed by atoms with van der Waals surface area (Å²) in [5.74, 6) is 0. The molecule has 1 saturated heterocycles. The Balaban J connectivity index is 2.19. The fourth-order valence-corrected chi connectivity index (χ4v) is 2.16. The van der Waals surface area contributed by atoms with Gasteiger partial charge in [-0.2, -0.15) is 13.2 Å². The number of nitrogens with two attached hydrogens (primary N) is 1. The molecule has 4 N–H and O–H groups in total. The minimum Gasteiger partial charge on any atom is -0.377 e. The predicted octanol–water partition coefficient (Wildman–Crippen LogP) is 1.81. The van der Waals surface area contributed by atoms with Crippen molar-refractivity contribution in [2.75, 3.05) is 25.0 Å². The Bertz CT molecular complexity index is 411. The summed E-state index contributed by atoms with van der Waals surface area (Å²) in [6.45, 7) is 1.87. The van der Waals surface area contributed by atoms with E-state index in [-0.39, 0.29) is 5.54 Å². The summed E-state index contributed by atoms with van der Waals surface area (Å²) in [7, 11) is 0. The maximum Gasteiger partial charge on any atom is 0.416 e. The van der Waals surface area contributed by atoms with Crippen LogP contribution >= 0.6 is 0 Å². The zero-order valence-corrected chi connectivity index (χ0v) is 9.85. The molecule has 0 bridgehead atoms. The molecule has 18 heavy (non-hydrogen) atoms. The third kappa shape index (κ3) is 2.76. The molecule has 1 unspecified atom stereocenters. The minimum atomic E-state index is -4.32. The zero-order chi connectivity index (χ0) is 13.2. The fourth-order valence-electron chi connectivity index (χ4n) is 2.16. The molecule has 1 aliphatic rings. The molecule has 1 fully saturated rings. The second-order valence-corrected chi connectivity index (χ2v) is 4.61. The number of benzene rings is 1. The molecule has 1 heterocycles. The van der Waals surface area contributed by atoms with Gasteiger partial charge in [0.25, 0.3) is 0 Å². The third-order valence-electron chi connectivity index (χ3n) is 3.23. The van der Waals surface area contributed by atoms with Gasteiger partial charge in [0.05, 0.1) is 11.1 Å². The van der Waals surface area contributed by atoms with Crippen LogP contribution in [0.5, 0.6) is 0 Å². The Morgan fingerprint density at radius 3 is 2.72 bits per heavy atom. The molecule has 3 nitrogen and oxygen atoms in total. The molecule has 1 aromatic carbocycles.